The Morgan fingerprint density at radius 3 is 2.57 bits per heavy atom. The second-order valence-electron chi connectivity index (χ2n) is 5.09. The van der Waals surface area contributed by atoms with Gasteiger partial charge in [0.05, 0.1) is 12.7 Å². The Labute approximate surface area is 137 Å². The average molecular weight is 316 g/mol. The van der Waals surface area contributed by atoms with E-state index in [1.54, 1.807) is 30.0 Å². The molecule has 0 fully saturated rings. The fourth-order valence-electron chi connectivity index (χ4n) is 2.10. The molecule has 1 amide bonds. The largest absolute Gasteiger partial charge is 0.465 e. The Hall–Kier alpha value is -2.32. The third-order valence-electron chi connectivity index (χ3n) is 3.36. The van der Waals surface area contributed by atoms with E-state index >= 15 is 0 Å². The fourth-order valence-corrected chi connectivity index (χ4v) is 2.10. The number of methoxy groups -OCH3 is 1. The zero-order valence-corrected chi connectivity index (χ0v) is 13.8. The van der Waals surface area contributed by atoms with Crippen molar-refractivity contribution in [2.45, 2.75) is 26.2 Å². The third kappa shape index (κ3) is 6.54. The van der Waals surface area contributed by atoms with Crippen molar-refractivity contribution in [3.63, 3.8) is 0 Å². The molecule has 0 bridgehead atoms. The fraction of sp³-hybridized carbons (Fsp3) is 0.444. The topological polar surface area (TPSA) is 72.6 Å². The summed E-state index contributed by atoms with van der Waals surface area (Å²) in [7, 11) is 1.35. The predicted octanol–water partition coefficient (Wildman–Crippen LogP) is 1.80. The highest BCUT2D eigenvalue weighted by molar-refractivity contribution is 5.92. The number of nitrogens with two attached hydrogens (primary N) is 1. The Morgan fingerprint density at radius 1 is 1.22 bits per heavy atom. The van der Waals surface area contributed by atoms with Gasteiger partial charge in [0.25, 0.3) is 0 Å². The van der Waals surface area contributed by atoms with E-state index in [0.29, 0.717) is 37.2 Å². The summed E-state index contributed by atoms with van der Waals surface area (Å²) in [5.74, 6) is 5.72. The van der Waals surface area contributed by atoms with Gasteiger partial charge in [-0.05, 0) is 31.5 Å². The highest BCUT2D eigenvalue weighted by atomic mass is 16.5. The van der Waals surface area contributed by atoms with Crippen LogP contribution < -0.4 is 5.73 Å². The number of unbranched alkanes of at least 4 members (excludes halogenated alkanes) is 1. The van der Waals surface area contributed by atoms with Gasteiger partial charge in [-0.2, -0.15) is 0 Å². The molecule has 0 radical (unpaired) electrons. The van der Waals surface area contributed by atoms with Gasteiger partial charge in [0.2, 0.25) is 5.91 Å². The predicted molar refractivity (Wildman–Crippen MR) is 89.8 cm³/mol. The minimum Gasteiger partial charge on any atom is -0.465 e. The molecule has 1 aromatic carbocycles. The molecule has 0 heterocycles. The molecule has 23 heavy (non-hydrogen) atoms. The van der Waals surface area contributed by atoms with Gasteiger partial charge in [-0.1, -0.05) is 24.0 Å². The van der Waals surface area contributed by atoms with Crippen LogP contribution in [0.15, 0.2) is 24.3 Å². The first-order valence-electron chi connectivity index (χ1n) is 7.72. The first kappa shape index (κ1) is 18.7. The monoisotopic (exact) mass is 316 g/mol. The van der Waals surface area contributed by atoms with Gasteiger partial charge in [-0.25, -0.2) is 4.79 Å². The molecule has 1 rings (SSSR count). The normalized spacial score (nSPS) is 9.70. The number of nitrogens with zero attached hydrogens (tertiary/aromatic N) is 1. The molecule has 5 heteroatoms. The van der Waals surface area contributed by atoms with Crippen LogP contribution in [0, 0.1) is 11.8 Å². The smallest absolute Gasteiger partial charge is 0.339 e. The van der Waals surface area contributed by atoms with Gasteiger partial charge in [-0.15, -0.1) is 0 Å². The Morgan fingerprint density at radius 2 is 1.91 bits per heavy atom. The summed E-state index contributed by atoms with van der Waals surface area (Å²) in [6.45, 7) is 3.50. The molecule has 0 atom stereocenters. The molecule has 0 unspecified atom stereocenters. The lowest BCUT2D eigenvalue weighted by Gasteiger charge is -2.19. The SMILES string of the molecule is COC(=O)c1ccccc1C#CCCCN(CCCN)C(C)=O. The summed E-state index contributed by atoms with van der Waals surface area (Å²) < 4.78 is 4.74. The van der Waals surface area contributed by atoms with E-state index in [-0.39, 0.29) is 11.9 Å². The second-order valence-corrected chi connectivity index (χ2v) is 5.09. The Balaban J connectivity index is 2.55. The van der Waals surface area contributed by atoms with Crippen LogP contribution in [0.25, 0.3) is 0 Å². The molecule has 1 aromatic rings. The molecular formula is C18H24N2O3. The molecule has 0 aromatic heterocycles. The average Bonchev–Trinajstić information content (AvgIpc) is 2.56. The van der Waals surface area contributed by atoms with Crippen molar-refractivity contribution >= 4 is 11.9 Å². The standard InChI is InChI=1S/C18H24N2O3/c1-15(21)20(14-8-12-19)13-7-3-4-9-16-10-5-6-11-17(16)18(22)23-2/h5-6,10-11H,3,7-8,12-14,19H2,1-2H3. The van der Waals surface area contributed by atoms with Crippen molar-refractivity contribution in [1.82, 2.24) is 4.90 Å². The van der Waals surface area contributed by atoms with Crippen LogP contribution in [0.3, 0.4) is 0 Å². The number of rotatable bonds is 7. The third-order valence-corrected chi connectivity index (χ3v) is 3.36. The lowest BCUT2D eigenvalue weighted by Crippen LogP contribution is -2.31. The summed E-state index contributed by atoms with van der Waals surface area (Å²) >= 11 is 0. The van der Waals surface area contributed by atoms with E-state index in [1.165, 1.54) is 7.11 Å². The van der Waals surface area contributed by atoms with E-state index < -0.39 is 0 Å². The van der Waals surface area contributed by atoms with Gasteiger partial charge in [0, 0.05) is 32.0 Å². The van der Waals surface area contributed by atoms with Gasteiger partial charge in [0.15, 0.2) is 0 Å². The molecular weight excluding hydrogens is 292 g/mol. The Bertz CT molecular complexity index is 587. The number of ether oxygens (including phenoxy) is 1. The van der Waals surface area contributed by atoms with Crippen LogP contribution in [-0.2, 0) is 9.53 Å². The summed E-state index contributed by atoms with van der Waals surface area (Å²) in [5, 5.41) is 0. The first-order valence-corrected chi connectivity index (χ1v) is 7.72. The molecule has 5 nitrogen and oxygen atoms in total. The van der Waals surface area contributed by atoms with E-state index in [9.17, 15) is 9.59 Å². The number of esters is 1. The van der Waals surface area contributed by atoms with Crippen LogP contribution in [-0.4, -0.2) is 43.5 Å². The molecule has 2 N–H and O–H groups in total. The molecule has 0 saturated heterocycles. The molecule has 0 aliphatic carbocycles. The van der Waals surface area contributed by atoms with Gasteiger partial charge >= 0.3 is 5.97 Å². The first-order chi connectivity index (χ1) is 11.1. The maximum absolute atomic E-state index is 11.6. The Kier molecular flexibility index (Phi) is 8.48. The van der Waals surface area contributed by atoms with Gasteiger partial charge < -0.3 is 15.4 Å². The maximum atomic E-state index is 11.6. The van der Waals surface area contributed by atoms with Crippen molar-refractivity contribution in [2.75, 3.05) is 26.7 Å². The number of carbonyl (C=O) groups excluding carboxylic acids is 2. The van der Waals surface area contributed by atoms with Gasteiger partial charge in [0.1, 0.15) is 0 Å². The molecule has 0 aliphatic heterocycles. The number of amides is 1. The molecule has 124 valence electrons. The molecule has 0 spiro atoms. The lowest BCUT2D eigenvalue weighted by molar-refractivity contribution is -0.128. The van der Waals surface area contributed by atoms with Crippen LogP contribution >= 0.6 is 0 Å². The lowest BCUT2D eigenvalue weighted by atomic mass is 10.1. The number of hydrogen-bond acceptors (Lipinski definition) is 4. The highest BCUT2D eigenvalue weighted by Gasteiger charge is 2.09. The number of carbonyl (C=O) groups is 2. The number of hydrogen-bond donors (Lipinski definition) is 1. The van der Waals surface area contributed by atoms with Gasteiger partial charge in [-0.3, -0.25) is 4.79 Å². The maximum Gasteiger partial charge on any atom is 0.339 e. The summed E-state index contributed by atoms with van der Waals surface area (Å²) in [5.41, 5.74) is 6.60. The zero-order valence-electron chi connectivity index (χ0n) is 13.8. The van der Waals surface area contributed by atoms with E-state index in [4.69, 9.17) is 10.5 Å². The van der Waals surface area contributed by atoms with Crippen LogP contribution in [0.1, 0.15) is 42.1 Å². The zero-order chi connectivity index (χ0) is 17.1. The van der Waals surface area contributed by atoms with E-state index in [2.05, 4.69) is 11.8 Å². The van der Waals surface area contributed by atoms with Crippen molar-refractivity contribution in [3.05, 3.63) is 35.4 Å². The molecule has 0 saturated carbocycles. The minimum absolute atomic E-state index is 0.0578. The highest BCUT2D eigenvalue weighted by Crippen LogP contribution is 2.08. The summed E-state index contributed by atoms with van der Waals surface area (Å²) in [6.07, 6.45) is 2.25. The summed E-state index contributed by atoms with van der Waals surface area (Å²) in [4.78, 5) is 24.9. The van der Waals surface area contributed by atoms with Crippen molar-refractivity contribution < 1.29 is 14.3 Å². The van der Waals surface area contributed by atoms with Crippen molar-refractivity contribution in [1.29, 1.82) is 0 Å². The number of benzene rings is 1. The second kappa shape index (κ2) is 10.4. The van der Waals surface area contributed by atoms with E-state index in [0.717, 1.165) is 12.8 Å². The van der Waals surface area contributed by atoms with Crippen LogP contribution in [0.5, 0.6) is 0 Å². The quantitative estimate of drug-likeness (QED) is 0.473. The molecule has 0 aliphatic rings. The van der Waals surface area contributed by atoms with Crippen molar-refractivity contribution in [3.8, 4) is 11.8 Å². The van der Waals surface area contributed by atoms with E-state index in [1.807, 2.05) is 6.07 Å². The van der Waals surface area contributed by atoms with Crippen molar-refractivity contribution in [2.24, 2.45) is 5.73 Å². The van der Waals surface area contributed by atoms with Crippen LogP contribution in [0.4, 0.5) is 0 Å². The minimum atomic E-state index is -0.389. The van der Waals surface area contributed by atoms with Crippen LogP contribution in [0.2, 0.25) is 0 Å². The summed E-state index contributed by atoms with van der Waals surface area (Å²) in [6, 6.07) is 7.10.